The van der Waals surface area contributed by atoms with Crippen LogP contribution in [0.2, 0.25) is 5.02 Å². The molecule has 142 valence electrons. The predicted octanol–water partition coefficient (Wildman–Crippen LogP) is 4.10. The number of rotatable bonds is 10. The fourth-order valence-corrected chi connectivity index (χ4v) is 3.00. The maximum Gasteiger partial charge on any atom is 0.179 e. The number of benzene rings is 2. The highest BCUT2D eigenvalue weighted by atomic mass is 35.5. The van der Waals surface area contributed by atoms with E-state index in [2.05, 4.69) is 5.32 Å². The van der Waals surface area contributed by atoms with Gasteiger partial charge in [0.05, 0.1) is 33.0 Å². The van der Waals surface area contributed by atoms with Crippen molar-refractivity contribution in [2.45, 2.75) is 19.9 Å². The summed E-state index contributed by atoms with van der Waals surface area (Å²) in [5.74, 6) is 2.72. The summed E-state index contributed by atoms with van der Waals surface area (Å²) in [6, 6.07) is 9.81. The Morgan fingerprint density at radius 1 is 0.885 bits per heavy atom. The minimum Gasteiger partial charge on any atom is -0.493 e. The Morgan fingerprint density at radius 2 is 1.62 bits per heavy atom. The standard InChI is InChI=1S/C20H26ClNO4/c1-5-26-19-12-15(10-16(21)20(19)25-4)13-22-9-8-14-6-7-17(23-2)18(11-14)24-3/h6-7,10-12,22H,5,8-9,13H2,1-4H3. The van der Waals surface area contributed by atoms with Gasteiger partial charge >= 0.3 is 0 Å². The van der Waals surface area contributed by atoms with Crippen LogP contribution in [-0.2, 0) is 13.0 Å². The van der Waals surface area contributed by atoms with E-state index in [4.69, 9.17) is 30.5 Å². The molecule has 0 unspecified atom stereocenters. The molecule has 0 aliphatic heterocycles. The lowest BCUT2D eigenvalue weighted by molar-refractivity contribution is 0.310. The van der Waals surface area contributed by atoms with Gasteiger partial charge in [0, 0.05) is 6.54 Å². The molecule has 0 aromatic heterocycles. The van der Waals surface area contributed by atoms with E-state index in [0.717, 1.165) is 30.0 Å². The van der Waals surface area contributed by atoms with Crippen molar-refractivity contribution in [3.8, 4) is 23.0 Å². The molecule has 0 fully saturated rings. The van der Waals surface area contributed by atoms with Crippen molar-refractivity contribution in [3.63, 3.8) is 0 Å². The monoisotopic (exact) mass is 379 g/mol. The molecule has 6 heteroatoms. The van der Waals surface area contributed by atoms with Crippen molar-refractivity contribution in [1.29, 1.82) is 0 Å². The van der Waals surface area contributed by atoms with Crippen LogP contribution in [0.1, 0.15) is 18.1 Å². The zero-order valence-electron chi connectivity index (χ0n) is 15.7. The van der Waals surface area contributed by atoms with Gasteiger partial charge in [-0.2, -0.15) is 0 Å². The Kier molecular flexibility index (Phi) is 7.88. The second-order valence-electron chi connectivity index (χ2n) is 5.66. The van der Waals surface area contributed by atoms with Crippen LogP contribution in [0.4, 0.5) is 0 Å². The molecule has 0 saturated carbocycles. The average Bonchev–Trinajstić information content (AvgIpc) is 2.65. The summed E-state index contributed by atoms with van der Waals surface area (Å²) in [5.41, 5.74) is 2.23. The molecule has 0 bridgehead atoms. The van der Waals surface area contributed by atoms with Crippen molar-refractivity contribution in [1.82, 2.24) is 5.32 Å². The summed E-state index contributed by atoms with van der Waals surface area (Å²) in [6.45, 7) is 4.00. The van der Waals surface area contributed by atoms with Gasteiger partial charge in [-0.3, -0.25) is 0 Å². The first-order chi connectivity index (χ1) is 12.6. The zero-order chi connectivity index (χ0) is 18.9. The molecule has 2 aromatic carbocycles. The fourth-order valence-electron chi connectivity index (χ4n) is 2.69. The summed E-state index contributed by atoms with van der Waals surface area (Å²) in [7, 11) is 4.86. The molecule has 2 rings (SSSR count). The van der Waals surface area contributed by atoms with E-state index >= 15 is 0 Å². The largest absolute Gasteiger partial charge is 0.493 e. The molecular weight excluding hydrogens is 354 g/mol. The fraction of sp³-hybridized carbons (Fsp3) is 0.400. The number of nitrogens with one attached hydrogen (secondary N) is 1. The van der Waals surface area contributed by atoms with Crippen molar-refractivity contribution in [2.75, 3.05) is 34.5 Å². The summed E-state index contributed by atoms with van der Waals surface area (Å²) in [5, 5.41) is 3.97. The van der Waals surface area contributed by atoms with E-state index in [-0.39, 0.29) is 0 Å². The molecule has 2 aromatic rings. The van der Waals surface area contributed by atoms with Gasteiger partial charge in [0.15, 0.2) is 23.0 Å². The highest BCUT2D eigenvalue weighted by molar-refractivity contribution is 6.32. The van der Waals surface area contributed by atoms with Gasteiger partial charge in [0.2, 0.25) is 0 Å². The maximum atomic E-state index is 6.28. The van der Waals surface area contributed by atoms with Crippen molar-refractivity contribution in [3.05, 3.63) is 46.5 Å². The first-order valence-corrected chi connectivity index (χ1v) is 8.91. The quantitative estimate of drug-likeness (QED) is 0.630. The second kappa shape index (κ2) is 10.1. The second-order valence-corrected chi connectivity index (χ2v) is 6.07. The molecule has 0 amide bonds. The molecule has 0 saturated heterocycles. The van der Waals surface area contributed by atoms with Crippen molar-refractivity contribution < 1.29 is 18.9 Å². The Bertz CT molecular complexity index is 721. The summed E-state index contributed by atoms with van der Waals surface area (Å²) < 4.78 is 21.5. The van der Waals surface area contributed by atoms with Crippen LogP contribution in [-0.4, -0.2) is 34.5 Å². The Hall–Kier alpha value is -2.11. The molecule has 0 atom stereocenters. The molecule has 1 N–H and O–H groups in total. The summed E-state index contributed by atoms with van der Waals surface area (Å²) in [4.78, 5) is 0. The molecule has 0 heterocycles. The predicted molar refractivity (Wildman–Crippen MR) is 104 cm³/mol. The number of methoxy groups -OCH3 is 3. The van der Waals surface area contributed by atoms with Gasteiger partial charge in [-0.25, -0.2) is 0 Å². The lowest BCUT2D eigenvalue weighted by Crippen LogP contribution is -2.17. The molecule has 26 heavy (non-hydrogen) atoms. The van der Waals surface area contributed by atoms with E-state index in [1.165, 1.54) is 5.56 Å². The maximum absolute atomic E-state index is 6.28. The lowest BCUT2D eigenvalue weighted by Gasteiger charge is -2.14. The molecular formula is C20H26ClNO4. The minimum atomic E-state index is 0.551. The van der Waals surface area contributed by atoms with Crippen LogP contribution < -0.4 is 24.3 Å². The van der Waals surface area contributed by atoms with Gasteiger partial charge in [0.1, 0.15) is 0 Å². The molecule has 0 spiro atoms. The summed E-state index contributed by atoms with van der Waals surface area (Å²) >= 11 is 6.28. The van der Waals surface area contributed by atoms with Gasteiger partial charge < -0.3 is 24.3 Å². The van der Waals surface area contributed by atoms with E-state index in [9.17, 15) is 0 Å². The van der Waals surface area contributed by atoms with Crippen molar-refractivity contribution >= 4 is 11.6 Å². The van der Waals surface area contributed by atoms with E-state index in [0.29, 0.717) is 29.7 Å². The molecule has 0 aliphatic rings. The van der Waals surface area contributed by atoms with E-state index in [1.807, 2.05) is 37.3 Å². The first kappa shape index (κ1) is 20.2. The number of halogens is 1. The van der Waals surface area contributed by atoms with Crippen LogP contribution in [0, 0.1) is 0 Å². The molecule has 0 radical (unpaired) electrons. The van der Waals surface area contributed by atoms with Gasteiger partial charge in [0.25, 0.3) is 0 Å². The third kappa shape index (κ3) is 5.19. The third-order valence-electron chi connectivity index (χ3n) is 3.94. The smallest absolute Gasteiger partial charge is 0.179 e. The topological polar surface area (TPSA) is 49.0 Å². The van der Waals surface area contributed by atoms with Gasteiger partial charge in [-0.1, -0.05) is 17.7 Å². The Labute approximate surface area is 160 Å². The van der Waals surface area contributed by atoms with Crippen LogP contribution >= 0.6 is 11.6 Å². The van der Waals surface area contributed by atoms with Gasteiger partial charge in [-0.05, 0) is 55.3 Å². The third-order valence-corrected chi connectivity index (χ3v) is 4.22. The number of hydrogen-bond donors (Lipinski definition) is 1. The van der Waals surface area contributed by atoms with Gasteiger partial charge in [-0.15, -0.1) is 0 Å². The van der Waals surface area contributed by atoms with E-state index in [1.54, 1.807) is 21.3 Å². The SMILES string of the molecule is CCOc1cc(CNCCc2ccc(OC)c(OC)c2)cc(Cl)c1OC. The normalized spacial score (nSPS) is 10.5. The van der Waals surface area contributed by atoms with Crippen LogP contribution in [0.25, 0.3) is 0 Å². The highest BCUT2D eigenvalue weighted by Gasteiger charge is 2.11. The molecule has 5 nitrogen and oxygen atoms in total. The zero-order valence-corrected chi connectivity index (χ0v) is 16.5. The van der Waals surface area contributed by atoms with Crippen LogP contribution in [0.3, 0.4) is 0 Å². The number of hydrogen-bond acceptors (Lipinski definition) is 5. The lowest BCUT2D eigenvalue weighted by atomic mass is 10.1. The highest BCUT2D eigenvalue weighted by Crippen LogP contribution is 2.36. The van der Waals surface area contributed by atoms with E-state index < -0.39 is 0 Å². The van der Waals surface area contributed by atoms with Crippen LogP contribution in [0.15, 0.2) is 30.3 Å². The minimum absolute atomic E-state index is 0.551. The Morgan fingerprint density at radius 3 is 2.27 bits per heavy atom. The van der Waals surface area contributed by atoms with Crippen molar-refractivity contribution in [2.24, 2.45) is 0 Å². The average molecular weight is 380 g/mol. The first-order valence-electron chi connectivity index (χ1n) is 8.53. The molecule has 0 aliphatic carbocycles. The summed E-state index contributed by atoms with van der Waals surface area (Å²) in [6.07, 6.45) is 0.878. The van der Waals surface area contributed by atoms with Crippen LogP contribution in [0.5, 0.6) is 23.0 Å². The number of ether oxygens (including phenoxy) is 4. The Balaban J connectivity index is 1.94.